The second kappa shape index (κ2) is 11.6. The van der Waals surface area contributed by atoms with E-state index in [1.165, 1.54) is 23.0 Å². The SMILES string of the molecule is CNCc1ccc(Cl)cc1-c1ccc([C@@H](C)NC(=O)c2ccc(=O)n(-c3cnn(CCOC)c3)n2)s1. The van der Waals surface area contributed by atoms with Crippen molar-refractivity contribution < 1.29 is 9.53 Å². The second-order valence-corrected chi connectivity index (χ2v) is 9.70. The Morgan fingerprint density at radius 2 is 2.06 bits per heavy atom. The molecule has 0 aliphatic heterocycles. The Balaban J connectivity index is 1.51. The van der Waals surface area contributed by atoms with E-state index in [4.69, 9.17) is 16.3 Å². The van der Waals surface area contributed by atoms with Crippen LogP contribution in [0.2, 0.25) is 5.02 Å². The van der Waals surface area contributed by atoms with Crippen LogP contribution in [0.5, 0.6) is 0 Å². The van der Waals surface area contributed by atoms with Gasteiger partial charge in [-0.25, -0.2) is 0 Å². The van der Waals surface area contributed by atoms with Gasteiger partial charge in [0.05, 0.1) is 31.6 Å². The maximum atomic E-state index is 13.0. The molecule has 0 fully saturated rings. The first-order chi connectivity index (χ1) is 17.4. The molecule has 0 unspecified atom stereocenters. The van der Waals surface area contributed by atoms with Crippen molar-refractivity contribution >= 4 is 28.8 Å². The normalized spacial score (nSPS) is 12.0. The van der Waals surface area contributed by atoms with Crippen molar-refractivity contribution in [1.29, 1.82) is 0 Å². The van der Waals surface area contributed by atoms with Crippen molar-refractivity contribution in [2.45, 2.75) is 26.1 Å². The predicted molar refractivity (Wildman–Crippen MR) is 141 cm³/mol. The summed E-state index contributed by atoms with van der Waals surface area (Å²) in [5.74, 6) is -0.378. The lowest BCUT2D eigenvalue weighted by molar-refractivity contribution is 0.0933. The summed E-state index contributed by atoms with van der Waals surface area (Å²) in [4.78, 5) is 27.4. The molecule has 1 aromatic carbocycles. The minimum atomic E-state index is -0.378. The molecule has 0 radical (unpaired) electrons. The molecule has 36 heavy (non-hydrogen) atoms. The third-order valence-corrected chi connectivity index (χ3v) is 7.06. The fraction of sp³-hybridized carbons (Fsp3) is 0.280. The van der Waals surface area contributed by atoms with E-state index < -0.39 is 0 Å². The number of ether oxygens (including phenoxy) is 1. The first-order valence-corrected chi connectivity index (χ1v) is 12.5. The molecule has 0 saturated carbocycles. The summed E-state index contributed by atoms with van der Waals surface area (Å²) >= 11 is 7.84. The molecular formula is C25H27ClN6O3S. The number of amides is 1. The van der Waals surface area contributed by atoms with Gasteiger partial charge in [0.15, 0.2) is 0 Å². The zero-order chi connectivity index (χ0) is 25.7. The molecule has 1 atom stereocenters. The van der Waals surface area contributed by atoms with Crippen molar-refractivity contribution in [2.75, 3.05) is 20.8 Å². The van der Waals surface area contributed by atoms with Gasteiger partial charge in [0.25, 0.3) is 11.5 Å². The van der Waals surface area contributed by atoms with Gasteiger partial charge in [-0.15, -0.1) is 11.3 Å². The zero-order valence-corrected chi connectivity index (χ0v) is 21.8. The summed E-state index contributed by atoms with van der Waals surface area (Å²) in [5, 5.41) is 15.3. The quantitative estimate of drug-likeness (QED) is 0.327. The molecule has 0 spiro atoms. The van der Waals surface area contributed by atoms with E-state index in [1.807, 2.05) is 44.3 Å². The smallest absolute Gasteiger partial charge is 0.272 e. The number of carbonyl (C=O) groups excluding carboxylic acids is 1. The molecule has 0 aliphatic carbocycles. The summed E-state index contributed by atoms with van der Waals surface area (Å²) in [6.07, 6.45) is 3.21. The highest BCUT2D eigenvalue weighted by Gasteiger charge is 2.17. The molecule has 1 amide bonds. The number of rotatable bonds is 10. The number of methoxy groups -OCH3 is 1. The van der Waals surface area contributed by atoms with Crippen molar-refractivity contribution in [3.8, 4) is 16.1 Å². The highest BCUT2D eigenvalue weighted by atomic mass is 35.5. The maximum absolute atomic E-state index is 13.0. The van der Waals surface area contributed by atoms with Crippen LogP contribution in [0.1, 0.15) is 33.9 Å². The molecule has 9 nitrogen and oxygen atoms in total. The zero-order valence-electron chi connectivity index (χ0n) is 20.2. The van der Waals surface area contributed by atoms with Gasteiger partial charge < -0.3 is 15.4 Å². The van der Waals surface area contributed by atoms with Gasteiger partial charge in [-0.1, -0.05) is 17.7 Å². The number of hydrogen-bond donors (Lipinski definition) is 2. The Hall–Kier alpha value is -3.31. The maximum Gasteiger partial charge on any atom is 0.272 e. The highest BCUT2D eigenvalue weighted by Crippen LogP contribution is 2.35. The van der Waals surface area contributed by atoms with Gasteiger partial charge in [-0.2, -0.15) is 14.9 Å². The largest absolute Gasteiger partial charge is 0.383 e. The van der Waals surface area contributed by atoms with Crippen LogP contribution in [0.25, 0.3) is 16.1 Å². The van der Waals surface area contributed by atoms with Crippen molar-refractivity contribution in [2.24, 2.45) is 0 Å². The van der Waals surface area contributed by atoms with E-state index in [0.717, 1.165) is 27.4 Å². The summed E-state index contributed by atoms with van der Waals surface area (Å²) in [5.41, 5.74) is 2.46. The molecule has 3 heterocycles. The lowest BCUT2D eigenvalue weighted by Crippen LogP contribution is -2.30. The van der Waals surface area contributed by atoms with Crippen LogP contribution in [0.4, 0.5) is 0 Å². The Kier molecular flexibility index (Phi) is 8.32. The van der Waals surface area contributed by atoms with Gasteiger partial charge in [-0.05, 0) is 55.4 Å². The molecule has 0 bridgehead atoms. The topological polar surface area (TPSA) is 103 Å². The fourth-order valence-electron chi connectivity index (χ4n) is 3.68. The molecular weight excluding hydrogens is 500 g/mol. The Morgan fingerprint density at radius 1 is 1.22 bits per heavy atom. The standard InChI is InChI=1S/C25H27ClN6O3S/c1-16(22-7-8-23(36-22)20-12-18(26)5-4-17(20)13-27-2)29-25(34)21-6-9-24(33)32(30-21)19-14-28-31(15-19)10-11-35-3/h4-9,12,14-16,27H,10-11,13H2,1-3H3,(H,29,34)/t16-/m1/s1. The van der Waals surface area contributed by atoms with E-state index in [1.54, 1.807) is 29.3 Å². The van der Waals surface area contributed by atoms with Crippen LogP contribution in [-0.4, -0.2) is 46.2 Å². The number of aromatic nitrogens is 4. The molecule has 0 saturated heterocycles. The van der Waals surface area contributed by atoms with Gasteiger partial charge in [0.2, 0.25) is 0 Å². The molecule has 4 rings (SSSR count). The Morgan fingerprint density at radius 3 is 2.83 bits per heavy atom. The van der Waals surface area contributed by atoms with Crippen molar-refractivity contribution in [3.63, 3.8) is 0 Å². The fourth-order valence-corrected chi connectivity index (χ4v) is 4.91. The van der Waals surface area contributed by atoms with E-state index in [9.17, 15) is 9.59 Å². The molecule has 3 aromatic heterocycles. The summed E-state index contributed by atoms with van der Waals surface area (Å²) in [6.45, 7) is 3.66. The lowest BCUT2D eigenvalue weighted by Gasteiger charge is -2.13. The van der Waals surface area contributed by atoms with Gasteiger partial charge in [-0.3, -0.25) is 14.3 Å². The number of thiophene rings is 1. The predicted octanol–water partition coefficient (Wildman–Crippen LogP) is 3.67. The number of halogens is 1. The van der Waals surface area contributed by atoms with Crippen molar-refractivity contribution in [1.82, 2.24) is 30.2 Å². The minimum Gasteiger partial charge on any atom is -0.383 e. The first-order valence-electron chi connectivity index (χ1n) is 11.4. The number of benzene rings is 1. The average molecular weight is 527 g/mol. The Labute approximate surface area is 217 Å². The van der Waals surface area contributed by atoms with Crippen molar-refractivity contribution in [3.05, 3.63) is 86.4 Å². The number of nitrogens with zero attached hydrogens (tertiary/aromatic N) is 4. The van der Waals surface area contributed by atoms with Crippen LogP contribution in [0.3, 0.4) is 0 Å². The van der Waals surface area contributed by atoms with E-state index in [-0.39, 0.29) is 23.2 Å². The van der Waals surface area contributed by atoms with E-state index >= 15 is 0 Å². The van der Waals surface area contributed by atoms with E-state index in [2.05, 4.69) is 20.8 Å². The summed E-state index contributed by atoms with van der Waals surface area (Å²) in [6, 6.07) is 12.4. The van der Waals surface area contributed by atoms with Crippen LogP contribution < -0.4 is 16.2 Å². The Bertz CT molecular complexity index is 1410. The second-order valence-electron chi connectivity index (χ2n) is 8.15. The molecule has 4 aromatic rings. The van der Waals surface area contributed by atoms with Gasteiger partial charge in [0.1, 0.15) is 11.4 Å². The van der Waals surface area contributed by atoms with Crippen LogP contribution in [0, 0.1) is 0 Å². The number of nitrogens with one attached hydrogen (secondary N) is 2. The number of carbonyl (C=O) groups is 1. The average Bonchev–Trinajstić information content (AvgIpc) is 3.54. The molecule has 11 heteroatoms. The summed E-state index contributed by atoms with van der Waals surface area (Å²) in [7, 11) is 3.51. The van der Waals surface area contributed by atoms with Crippen LogP contribution >= 0.6 is 22.9 Å². The third kappa shape index (κ3) is 5.90. The summed E-state index contributed by atoms with van der Waals surface area (Å²) < 4.78 is 7.87. The number of hydrogen-bond acceptors (Lipinski definition) is 7. The van der Waals surface area contributed by atoms with Gasteiger partial charge >= 0.3 is 0 Å². The minimum absolute atomic E-state index is 0.133. The monoisotopic (exact) mass is 526 g/mol. The van der Waals surface area contributed by atoms with Gasteiger partial charge in [0, 0.05) is 34.5 Å². The van der Waals surface area contributed by atoms with E-state index in [0.29, 0.717) is 23.9 Å². The van der Waals surface area contributed by atoms with Crippen LogP contribution in [-0.2, 0) is 17.8 Å². The molecule has 0 aliphatic rings. The lowest BCUT2D eigenvalue weighted by atomic mass is 10.1. The molecule has 2 N–H and O–H groups in total. The van der Waals surface area contributed by atoms with Crippen LogP contribution in [0.15, 0.2) is 59.7 Å². The molecule has 188 valence electrons. The third-order valence-electron chi connectivity index (χ3n) is 5.53. The first kappa shape index (κ1) is 25.8. The highest BCUT2D eigenvalue weighted by molar-refractivity contribution is 7.15.